The predicted octanol–water partition coefficient (Wildman–Crippen LogP) is 2.67. The lowest BCUT2D eigenvalue weighted by atomic mass is 9.92. The van der Waals surface area contributed by atoms with Gasteiger partial charge in [-0.15, -0.1) is 11.3 Å². The van der Waals surface area contributed by atoms with Crippen molar-refractivity contribution in [2.45, 2.75) is 52.1 Å². The van der Waals surface area contributed by atoms with Crippen LogP contribution in [0.1, 0.15) is 55.2 Å². The maximum absolute atomic E-state index is 12.5. The van der Waals surface area contributed by atoms with Gasteiger partial charge >= 0.3 is 0 Å². The number of aliphatic hydroxyl groups excluding tert-OH is 1. The topological polar surface area (TPSA) is 53.4 Å². The van der Waals surface area contributed by atoms with E-state index in [-0.39, 0.29) is 17.4 Å². The normalized spacial score (nSPS) is 19.1. The molecule has 20 heavy (non-hydrogen) atoms. The van der Waals surface area contributed by atoms with Crippen LogP contribution >= 0.6 is 11.3 Å². The fraction of sp³-hybridized carbons (Fsp3) is 0.733. The summed E-state index contributed by atoms with van der Waals surface area (Å²) in [7, 11) is 0. The van der Waals surface area contributed by atoms with E-state index in [4.69, 9.17) is 0 Å². The van der Waals surface area contributed by atoms with E-state index < -0.39 is 0 Å². The van der Waals surface area contributed by atoms with Gasteiger partial charge in [-0.25, -0.2) is 4.98 Å². The van der Waals surface area contributed by atoms with Gasteiger partial charge in [0, 0.05) is 18.5 Å². The Morgan fingerprint density at radius 2 is 2.05 bits per heavy atom. The summed E-state index contributed by atoms with van der Waals surface area (Å²) in [6.07, 6.45) is 3.19. The molecule has 1 atom stereocenters. The minimum Gasteiger partial charge on any atom is -0.393 e. The number of carbonyl (C=O) groups is 1. The van der Waals surface area contributed by atoms with Gasteiger partial charge in [0.2, 0.25) is 0 Å². The Balaban J connectivity index is 2.01. The van der Waals surface area contributed by atoms with Crippen LogP contribution in [-0.4, -0.2) is 40.1 Å². The van der Waals surface area contributed by atoms with Crippen LogP contribution in [0.5, 0.6) is 0 Å². The molecule has 0 aliphatic carbocycles. The molecule has 1 N–H and O–H groups in total. The monoisotopic (exact) mass is 296 g/mol. The summed E-state index contributed by atoms with van der Waals surface area (Å²) in [6, 6.07) is 0. The second-order valence-electron chi connectivity index (χ2n) is 6.65. The smallest absolute Gasteiger partial charge is 0.265 e. The SMILES string of the molecule is CC(O)C1CCN(C(=O)c2cnc(C(C)(C)C)s2)CC1. The van der Waals surface area contributed by atoms with Crippen molar-refractivity contribution in [1.82, 2.24) is 9.88 Å². The van der Waals surface area contributed by atoms with Gasteiger partial charge in [-0.2, -0.15) is 0 Å². The number of piperidine rings is 1. The fourth-order valence-electron chi connectivity index (χ4n) is 2.46. The van der Waals surface area contributed by atoms with Gasteiger partial charge in [-0.3, -0.25) is 4.79 Å². The van der Waals surface area contributed by atoms with Crippen LogP contribution in [0.25, 0.3) is 0 Å². The van der Waals surface area contributed by atoms with E-state index in [0.29, 0.717) is 5.92 Å². The molecule has 2 heterocycles. The van der Waals surface area contributed by atoms with E-state index in [1.807, 2.05) is 11.8 Å². The van der Waals surface area contributed by atoms with Crippen molar-refractivity contribution in [1.29, 1.82) is 0 Å². The third-order valence-electron chi connectivity index (χ3n) is 3.87. The van der Waals surface area contributed by atoms with Crippen LogP contribution in [0, 0.1) is 5.92 Å². The Morgan fingerprint density at radius 3 is 2.50 bits per heavy atom. The highest BCUT2D eigenvalue weighted by Gasteiger charge is 2.28. The van der Waals surface area contributed by atoms with Gasteiger partial charge in [0.25, 0.3) is 5.91 Å². The lowest BCUT2D eigenvalue weighted by Crippen LogP contribution is -2.40. The van der Waals surface area contributed by atoms with Gasteiger partial charge in [0.05, 0.1) is 17.3 Å². The summed E-state index contributed by atoms with van der Waals surface area (Å²) < 4.78 is 0. The highest BCUT2D eigenvalue weighted by Crippen LogP contribution is 2.28. The first-order valence-corrected chi connectivity index (χ1v) is 8.04. The van der Waals surface area contributed by atoms with Crippen LogP contribution in [0.2, 0.25) is 0 Å². The summed E-state index contributed by atoms with van der Waals surface area (Å²) >= 11 is 1.50. The highest BCUT2D eigenvalue weighted by molar-refractivity contribution is 7.13. The Bertz CT molecular complexity index is 468. The molecule has 1 aromatic rings. The Hall–Kier alpha value is -0.940. The standard InChI is InChI=1S/C15H24N2O2S/c1-10(18)11-5-7-17(8-6-11)13(19)12-9-16-14(20-12)15(2,3)4/h9-11,18H,5-8H2,1-4H3. The quantitative estimate of drug-likeness (QED) is 0.913. The van der Waals surface area contributed by atoms with Crippen LogP contribution in [0.15, 0.2) is 6.20 Å². The van der Waals surface area contributed by atoms with Gasteiger partial charge in [-0.05, 0) is 25.7 Å². The van der Waals surface area contributed by atoms with E-state index in [2.05, 4.69) is 25.8 Å². The third kappa shape index (κ3) is 3.38. The lowest BCUT2D eigenvalue weighted by molar-refractivity contribution is 0.0525. The minimum atomic E-state index is -0.275. The Labute approximate surface area is 124 Å². The zero-order valence-corrected chi connectivity index (χ0v) is 13.5. The van der Waals surface area contributed by atoms with Crippen molar-refractivity contribution in [3.8, 4) is 0 Å². The molecule has 0 aromatic carbocycles. The molecule has 2 rings (SSSR count). The molecule has 1 aliphatic heterocycles. The summed E-state index contributed by atoms with van der Waals surface area (Å²) in [5, 5.41) is 10.6. The molecule has 0 spiro atoms. The van der Waals surface area contributed by atoms with Crippen molar-refractivity contribution in [3.05, 3.63) is 16.1 Å². The number of nitrogens with zero attached hydrogens (tertiary/aromatic N) is 2. The van der Waals surface area contributed by atoms with Crippen molar-refractivity contribution in [2.24, 2.45) is 5.92 Å². The van der Waals surface area contributed by atoms with Crippen molar-refractivity contribution in [3.63, 3.8) is 0 Å². The van der Waals surface area contributed by atoms with Crippen molar-refractivity contribution < 1.29 is 9.90 Å². The fourth-order valence-corrected chi connectivity index (χ4v) is 3.40. The number of likely N-dealkylation sites (tertiary alicyclic amines) is 1. The summed E-state index contributed by atoms with van der Waals surface area (Å²) in [4.78, 5) is 19.4. The van der Waals surface area contributed by atoms with E-state index in [1.54, 1.807) is 6.20 Å². The summed E-state index contributed by atoms with van der Waals surface area (Å²) in [5.41, 5.74) is -0.0114. The van der Waals surface area contributed by atoms with E-state index >= 15 is 0 Å². The average Bonchev–Trinajstić information content (AvgIpc) is 2.87. The number of hydrogen-bond donors (Lipinski definition) is 1. The van der Waals surface area contributed by atoms with Crippen LogP contribution in [-0.2, 0) is 5.41 Å². The molecule has 1 fully saturated rings. The van der Waals surface area contributed by atoms with Gasteiger partial charge in [0.1, 0.15) is 4.88 Å². The number of hydrogen-bond acceptors (Lipinski definition) is 4. The van der Waals surface area contributed by atoms with Crippen molar-refractivity contribution in [2.75, 3.05) is 13.1 Å². The number of carbonyl (C=O) groups excluding carboxylic acids is 1. The molecular weight excluding hydrogens is 272 g/mol. The predicted molar refractivity (Wildman–Crippen MR) is 81.1 cm³/mol. The molecule has 1 aromatic heterocycles. The first-order chi connectivity index (χ1) is 9.29. The highest BCUT2D eigenvalue weighted by atomic mass is 32.1. The Morgan fingerprint density at radius 1 is 1.45 bits per heavy atom. The first-order valence-electron chi connectivity index (χ1n) is 7.22. The first kappa shape index (κ1) is 15.4. The second-order valence-corrected chi connectivity index (χ2v) is 7.68. The Kier molecular flexibility index (Phi) is 4.49. The number of thiazole rings is 1. The van der Waals surface area contributed by atoms with E-state index in [1.165, 1.54) is 11.3 Å². The van der Waals surface area contributed by atoms with Crippen LogP contribution in [0.4, 0.5) is 0 Å². The molecule has 1 aliphatic rings. The summed E-state index contributed by atoms with van der Waals surface area (Å²) in [6.45, 7) is 9.62. The molecule has 1 unspecified atom stereocenters. The molecule has 0 radical (unpaired) electrons. The largest absolute Gasteiger partial charge is 0.393 e. The maximum atomic E-state index is 12.5. The molecule has 5 heteroatoms. The summed E-state index contributed by atoms with van der Waals surface area (Å²) in [5.74, 6) is 0.410. The van der Waals surface area contributed by atoms with Gasteiger partial charge < -0.3 is 10.0 Å². The van der Waals surface area contributed by atoms with Gasteiger partial charge in [0.15, 0.2) is 0 Å². The lowest BCUT2D eigenvalue weighted by Gasteiger charge is -2.32. The zero-order valence-electron chi connectivity index (χ0n) is 12.7. The third-order valence-corrected chi connectivity index (χ3v) is 5.28. The molecule has 1 amide bonds. The van der Waals surface area contributed by atoms with E-state index in [9.17, 15) is 9.90 Å². The molecule has 0 bridgehead atoms. The zero-order chi connectivity index (χ0) is 14.9. The average molecular weight is 296 g/mol. The molecule has 4 nitrogen and oxygen atoms in total. The molecule has 0 saturated carbocycles. The van der Waals surface area contributed by atoms with Crippen LogP contribution < -0.4 is 0 Å². The minimum absolute atomic E-state index is 0.0114. The number of rotatable bonds is 2. The molecular formula is C15H24N2O2S. The van der Waals surface area contributed by atoms with Gasteiger partial charge in [-0.1, -0.05) is 20.8 Å². The number of aliphatic hydroxyl groups is 1. The molecule has 112 valence electrons. The van der Waals surface area contributed by atoms with Crippen LogP contribution in [0.3, 0.4) is 0 Å². The van der Waals surface area contributed by atoms with E-state index in [0.717, 1.165) is 35.8 Å². The maximum Gasteiger partial charge on any atom is 0.265 e. The molecule has 1 saturated heterocycles. The number of aromatic nitrogens is 1. The second kappa shape index (κ2) is 5.82. The van der Waals surface area contributed by atoms with Crippen molar-refractivity contribution >= 4 is 17.2 Å². The number of amides is 1.